The molecule has 1 aromatic heterocycles. The van der Waals surface area contributed by atoms with Crippen LogP contribution in [0.2, 0.25) is 0 Å². The van der Waals surface area contributed by atoms with Gasteiger partial charge in [0.1, 0.15) is 11.7 Å². The molecule has 3 heterocycles. The van der Waals surface area contributed by atoms with Crippen LogP contribution >= 0.6 is 0 Å². The van der Waals surface area contributed by atoms with Crippen LogP contribution in [0, 0.1) is 11.3 Å². The Morgan fingerprint density at radius 1 is 1.03 bits per heavy atom. The number of hydrogen-bond donors (Lipinski definition) is 2. The highest BCUT2D eigenvalue weighted by Gasteiger charge is 2.68. The van der Waals surface area contributed by atoms with E-state index in [4.69, 9.17) is 4.74 Å². The molecule has 1 saturated heterocycles. The van der Waals surface area contributed by atoms with Gasteiger partial charge < -0.3 is 14.9 Å². The fourth-order valence-electron chi connectivity index (χ4n) is 8.28. The van der Waals surface area contributed by atoms with Crippen LogP contribution in [0.1, 0.15) is 63.4 Å². The molecule has 3 aliphatic carbocycles. The molecule has 0 amide bonds. The molecule has 7 rings (SSSR count). The summed E-state index contributed by atoms with van der Waals surface area (Å²) in [6.07, 6.45) is 13.7. The van der Waals surface area contributed by atoms with Gasteiger partial charge >= 0.3 is 0 Å². The van der Waals surface area contributed by atoms with Crippen LogP contribution in [-0.2, 0) is 4.74 Å². The Balaban J connectivity index is 1.31. The maximum atomic E-state index is 11.0. The normalized spacial score (nSPS) is 44.5. The predicted octanol–water partition coefficient (Wildman–Crippen LogP) is 4.81. The molecule has 2 saturated carbocycles. The fourth-order valence-corrected chi connectivity index (χ4v) is 8.28. The lowest BCUT2D eigenvalue weighted by atomic mass is 9.58. The lowest BCUT2D eigenvalue weighted by Crippen LogP contribution is -2.59. The van der Waals surface area contributed by atoms with E-state index in [-0.39, 0.29) is 11.0 Å². The molecule has 2 bridgehead atoms. The minimum absolute atomic E-state index is 0.120. The number of fused-ring (bicyclic) bond motifs is 2. The molecular formula is C28H31NO3. The number of aromatic nitrogens is 1. The minimum atomic E-state index is -0.818. The summed E-state index contributed by atoms with van der Waals surface area (Å²) in [6, 6.07) is 8.97. The van der Waals surface area contributed by atoms with Crippen LogP contribution in [0.3, 0.4) is 0 Å². The monoisotopic (exact) mass is 429 g/mol. The molecule has 3 fully saturated rings. The molecule has 2 N–H and O–H groups in total. The number of allylic oxidation sites excluding steroid dienone is 1. The molecule has 1 aromatic carbocycles. The number of aliphatic hydroxyl groups is 2. The molecule has 2 aromatic rings. The molecule has 32 heavy (non-hydrogen) atoms. The van der Waals surface area contributed by atoms with E-state index in [0.717, 1.165) is 38.5 Å². The number of nitrogens with zero attached hydrogens (tertiary/aromatic N) is 1. The van der Waals surface area contributed by atoms with Crippen molar-refractivity contribution in [1.29, 1.82) is 0 Å². The van der Waals surface area contributed by atoms with E-state index in [0.29, 0.717) is 18.3 Å². The Kier molecular flexibility index (Phi) is 3.84. The van der Waals surface area contributed by atoms with Gasteiger partial charge in [0.05, 0.1) is 11.7 Å². The number of hydrogen-bond acceptors (Lipinski definition) is 4. The molecular weight excluding hydrogens is 398 g/mol. The molecule has 2 aliphatic heterocycles. The number of pyridine rings is 1. The average molecular weight is 430 g/mol. The van der Waals surface area contributed by atoms with Gasteiger partial charge in [-0.05, 0) is 96.4 Å². The van der Waals surface area contributed by atoms with Gasteiger partial charge in [0.15, 0.2) is 0 Å². The standard InChI is InChI=1S/C28H31NO3/c1-26-10-8-21-15-20-4-6-23(30)25(31)28(20)12-11-27(21,32-28)24(26)7-5-22(26)18-3-2-17-9-13-29-16-19(17)14-18/h2-3,8-9,13-16,22-25,30-31H,4-7,10-12H2,1H3/t22?,23-,24-,25-,26-,27?,28+/m1/s1. The Bertz CT molecular complexity index is 1190. The zero-order valence-corrected chi connectivity index (χ0v) is 18.6. The van der Waals surface area contributed by atoms with Crippen LogP contribution in [0.15, 0.2) is 60.0 Å². The SMILES string of the molecule is C[C@]12CC=C3C=C4CC[C@@H](O)[C@@H](O)[C@]45CCC3(O5)[C@@H]1CCC2c1ccc2ccncc2c1. The van der Waals surface area contributed by atoms with Gasteiger partial charge in [-0.15, -0.1) is 0 Å². The van der Waals surface area contributed by atoms with Gasteiger partial charge in [0.25, 0.3) is 0 Å². The zero-order valence-electron chi connectivity index (χ0n) is 18.6. The average Bonchev–Trinajstić information content (AvgIpc) is 3.33. The van der Waals surface area contributed by atoms with E-state index in [1.54, 1.807) is 0 Å². The summed E-state index contributed by atoms with van der Waals surface area (Å²) in [5.41, 5.74) is 3.08. The van der Waals surface area contributed by atoms with Crippen LogP contribution in [0.4, 0.5) is 0 Å². The van der Waals surface area contributed by atoms with Gasteiger partial charge in [0, 0.05) is 17.8 Å². The van der Waals surface area contributed by atoms with Crippen LogP contribution in [-0.4, -0.2) is 38.6 Å². The first-order valence-electron chi connectivity index (χ1n) is 12.3. The van der Waals surface area contributed by atoms with Gasteiger partial charge in [-0.1, -0.05) is 31.2 Å². The first kappa shape index (κ1) is 19.5. The third-order valence-corrected chi connectivity index (χ3v) is 9.87. The van der Waals surface area contributed by atoms with Crippen molar-refractivity contribution in [3.8, 4) is 0 Å². The third-order valence-electron chi connectivity index (χ3n) is 9.87. The topological polar surface area (TPSA) is 62.6 Å². The van der Waals surface area contributed by atoms with Gasteiger partial charge in [-0.3, -0.25) is 4.98 Å². The smallest absolute Gasteiger partial charge is 0.119 e. The Morgan fingerprint density at radius 3 is 2.81 bits per heavy atom. The highest BCUT2D eigenvalue weighted by atomic mass is 16.5. The summed E-state index contributed by atoms with van der Waals surface area (Å²) in [7, 11) is 0. The van der Waals surface area contributed by atoms with Gasteiger partial charge in [-0.25, -0.2) is 0 Å². The van der Waals surface area contributed by atoms with Gasteiger partial charge in [0.2, 0.25) is 0 Å². The number of benzene rings is 1. The van der Waals surface area contributed by atoms with Crippen molar-refractivity contribution in [2.45, 2.75) is 81.2 Å². The maximum Gasteiger partial charge on any atom is 0.119 e. The maximum absolute atomic E-state index is 11.0. The largest absolute Gasteiger partial charge is 0.390 e. The van der Waals surface area contributed by atoms with E-state index >= 15 is 0 Å². The lowest BCUT2D eigenvalue weighted by Gasteiger charge is -2.55. The van der Waals surface area contributed by atoms with Crippen molar-refractivity contribution in [2.24, 2.45) is 11.3 Å². The second-order valence-electron chi connectivity index (χ2n) is 11.1. The van der Waals surface area contributed by atoms with Crippen molar-refractivity contribution < 1.29 is 14.9 Å². The Hall–Kier alpha value is -2.01. The van der Waals surface area contributed by atoms with Crippen molar-refractivity contribution >= 4 is 10.8 Å². The summed E-state index contributed by atoms with van der Waals surface area (Å²) in [5.74, 6) is 0.907. The van der Waals surface area contributed by atoms with Crippen molar-refractivity contribution in [3.63, 3.8) is 0 Å². The van der Waals surface area contributed by atoms with Gasteiger partial charge in [-0.2, -0.15) is 0 Å². The molecule has 7 atom stereocenters. The van der Waals surface area contributed by atoms with E-state index < -0.39 is 17.8 Å². The Labute approximate surface area is 189 Å². The molecule has 2 unspecified atom stereocenters. The predicted molar refractivity (Wildman–Crippen MR) is 123 cm³/mol. The fraction of sp³-hybridized carbons (Fsp3) is 0.536. The number of ether oxygens (including phenoxy) is 1. The molecule has 4 heteroatoms. The van der Waals surface area contributed by atoms with E-state index in [1.807, 2.05) is 12.4 Å². The zero-order chi connectivity index (χ0) is 21.7. The van der Waals surface area contributed by atoms with E-state index in [2.05, 4.69) is 48.3 Å². The molecule has 0 radical (unpaired) electrons. The van der Waals surface area contributed by atoms with E-state index in [1.165, 1.54) is 27.5 Å². The summed E-state index contributed by atoms with van der Waals surface area (Å²) >= 11 is 0. The highest BCUT2D eigenvalue weighted by molar-refractivity contribution is 5.82. The molecule has 4 nitrogen and oxygen atoms in total. The lowest BCUT2D eigenvalue weighted by molar-refractivity contribution is -0.193. The quantitative estimate of drug-likeness (QED) is 0.683. The number of rotatable bonds is 1. The summed E-state index contributed by atoms with van der Waals surface area (Å²) < 4.78 is 7.04. The third kappa shape index (κ3) is 2.26. The van der Waals surface area contributed by atoms with Crippen molar-refractivity contribution in [2.75, 3.05) is 0 Å². The highest BCUT2D eigenvalue weighted by Crippen LogP contribution is 2.69. The first-order valence-corrected chi connectivity index (χ1v) is 12.3. The first-order chi connectivity index (χ1) is 15.5. The molecule has 166 valence electrons. The summed E-state index contributed by atoms with van der Waals surface area (Å²) in [5, 5.41) is 23.9. The van der Waals surface area contributed by atoms with E-state index in [9.17, 15) is 10.2 Å². The van der Waals surface area contributed by atoms with Crippen LogP contribution < -0.4 is 0 Å². The molecule has 2 spiro atoms. The Morgan fingerprint density at radius 2 is 1.91 bits per heavy atom. The van der Waals surface area contributed by atoms with Crippen molar-refractivity contribution in [3.05, 3.63) is 65.5 Å². The second kappa shape index (κ2) is 6.31. The van der Waals surface area contributed by atoms with Crippen molar-refractivity contribution in [1.82, 2.24) is 4.98 Å². The number of aliphatic hydroxyl groups excluding tert-OH is 2. The van der Waals surface area contributed by atoms with Crippen LogP contribution in [0.5, 0.6) is 0 Å². The van der Waals surface area contributed by atoms with Crippen LogP contribution in [0.25, 0.3) is 10.8 Å². The minimum Gasteiger partial charge on any atom is -0.390 e. The summed E-state index contributed by atoms with van der Waals surface area (Å²) in [6.45, 7) is 2.46. The second-order valence-corrected chi connectivity index (χ2v) is 11.1. The summed E-state index contributed by atoms with van der Waals surface area (Å²) in [4.78, 5) is 4.33. The molecule has 5 aliphatic rings.